The molecule has 2 heterocycles. The molecule has 2 N–H and O–H groups in total. The summed E-state index contributed by atoms with van der Waals surface area (Å²) in [5.41, 5.74) is 3.57. The molecular formula is C19H26IN7. The molecule has 144 valence electrons. The van der Waals surface area contributed by atoms with Gasteiger partial charge in [0.1, 0.15) is 5.82 Å². The smallest absolute Gasteiger partial charge is 0.191 e. The van der Waals surface area contributed by atoms with Crippen molar-refractivity contribution in [2.45, 2.75) is 26.6 Å². The van der Waals surface area contributed by atoms with Crippen LogP contribution in [0, 0.1) is 6.92 Å². The third kappa shape index (κ3) is 5.81. The molecule has 0 radical (unpaired) electrons. The molecule has 0 saturated heterocycles. The number of nitrogens with zero attached hydrogens (tertiary/aromatic N) is 5. The lowest BCUT2D eigenvalue weighted by atomic mass is 10.1. The molecule has 0 bridgehead atoms. The first-order chi connectivity index (χ1) is 12.7. The van der Waals surface area contributed by atoms with Crippen molar-refractivity contribution >= 4 is 29.9 Å². The SMILES string of the molecule is CN=C(NCc1cccc(Cn2ccnc2C)c1)NCc1ccnn1C.I. The molecule has 0 spiro atoms. The third-order valence-electron chi connectivity index (χ3n) is 4.31. The quantitative estimate of drug-likeness (QED) is 0.324. The summed E-state index contributed by atoms with van der Waals surface area (Å²) < 4.78 is 3.99. The van der Waals surface area contributed by atoms with Crippen LogP contribution >= 0.6 is 24.0 Å². The second-order valence-electron chi connectivity index (χ2n) is 6.15. The Morgan fingerprint density at radius 1 is 1.11 bits per heavy atom. The number of aromatic nitrogens is 4. The van der Waals surface area contributed by atoms with Gasteiger partial charge in [-0.1, -0.05) is 24.3 Å². The maximum absolute atomic E-state index is 4.28. The molecule has 3 aromatic rings. The normalized spacial score (nSPS) is 11.1. The maximum Gasteiger partial charge on any atom is 0.191 e. The van der Waals surface area contributed by atoms with Gasteiger partial charge in [0, 0.05) is 45.8 Å². The van der Waals surface area contributed by atoms with Crippen molar-refractivity contribution in [2.24, 2.45) is 12.0 Å². The van der Waals surface area contributed by atoms with E-state index in [9.17, 15) is 0 Å². The van der Waals surface area contributed by atoms with Gasteiger partial charge < -0.3 is 15.2 Å². The van der Waals surface area contributed by atoms with E-state index >= 15 is 0 Å². The zero-order chi connectivity index (χ0) is 18.4. The fourth-order valence-electron chi connectivity index (χ4n) is 2.76. The minimum atomic E-state index is 0. The Morgan fingerprint density at radius 2 is 1.89 bits per heavy atom. The molecule has 0 aliphatic heterocycles. The maximum atomic E-state index is 4.28. The Morgan fingerprint density at radius 3 is 2.56 bits per heavy atom. The van der Waals surface area contributed by atoms with Crippen LogP contribution in [-0.2, 0) is 26.7 Å². The Kier molecular flexibility index (Phi) is 7.83. The predicted molar refractivity (Wildman–Crippen MR) is 118 cm³/mol. The van der Waals surface area contributed by atoms with Gasteiger partial charge in [-0.15, -0.1) is 24.0 Å². The summed E-state index contributed by atoms with van der Waals surface area (Å²) in [6.07, 6.45) is 5.63. The standard InChI is InChI=1S/C19H25N7.HI/c1-15-21-9-10-26(15)14-17-6-4-5-16(11-17)12-22-19(20-2)23-13-18-7-8-24-25(18)3;/h4-11H,12-14H2,1-3H3,(H2,20,22,23);1H. The van der Waals surface area contributed by atoms with Crippen LogP contribution in [0.25, 0.3) is 0 Å². The molecule has 8 heteroatoms. The first-order valence-electron chi connectivity index (χ1n) is 8.62. The number of aliphatic imine (C=N–C) groups is 1. The van der Waals surface area contributed by atoms with Gasteiger partial charge in [-0.25, -0.2) is 4.98 Å². The molecule has 0 fully saturated rings. The molecule has 7 nitrogen and oxygen atoms in total. The first kappa shape index (κ1) is 20.9. The molecule has 0 unspecified atom stereocenters. The lowest BCUT2D eigenvalue weighted by Crippen LogP contribution is -2.36. The fraction of sp³-hybridized carbons (Fsp3) is 0.316. The van der Waals surface area contributed by atoms with E-state index in [0.717, 1.165) is 24.0 Å². The molecular weight excluding hydrogens is 453 g/mol. The number of benzene rings is 1. The number of nitrogens with one attached hydrogen (secondary N) is 2. The highest BCUT2D eigenvalue weighted by Gasteiger charge is 2.03. The van der Waals surface area contributed by atoms with Gasteiger partial charge in [0.15, 0.2) is 5.96 Å². The van der Waals surface area contributed by atoms with Gasteiger partial charge in [-0.3, -0.25) is 9.67 Å². The van der Waals surface area contributed by atoms with Crippen LogP contribution in [0.1, 0.15) is 22.6 Å². The Balaban J connectivity index is 0.00000261. The number of imidazole rings is 1. The van der Waals surface area contributed by atoms with Crippen LogP contribution in [0.2, 0.25) is 0 Å². The molecule has 2 aromatic heterocycles. The second-order valence-corrected chi connectivity index (χ2v) is 6.15. The monoisotopic (exact) mass is 479 g/mol. The Bertz CT molecular complexity index is 882. The highest BCUT2D eigenvalue weighted by Crippen LogP contribution is 2.08. The van der Waals surface area contributed by atoms with Crippen molar-refractivity contribution in [2.75, 3.05) is 7.05 Å². The summed E-state index contributed by atoms with van der Waals surface area (Å²) in [6.45, 7) is 4.23. The van der Waals surface area contributed by atoms with Crippen LogP contribution in [0.15, 0.2) is 53.9 Å². The van der Waals surface area contributed by atoms with Gasteiger partial charge in [-0.2, -0.15) is 5.10 Å². The summed E-state index contributed by atoms with van der Waals surface area (Å²) >= 11 is 0. The summed E-state index contributed by atoms with van der Waals surface area (Å²) in [4.78, 5) is 8.55. The summed E-state index contributed by atoms with van der Waals surface area (Å²) in [5, 5.41) is 10.8. The number of hydrogen-bond donors (Lipinski definition) is 2. The average Bonchev–Trinajstić information content (AvgIpc) is 3.24. The lowest BCUT2D eigenvalue weighted by Gasteiger charge is -2.13. The van der Waals surface area contributed by atoms with Crippen molar-refractivity contribution in [1.82, 2.24) is 30.0 Å². The summed E-state index contributed by atoms with van der Waals surface area (Å²) in [5.74, 6) is 1.79. The van der Waals surface area contributed by atoms with Gasteiger partial charge in [0.25, 0.3) is 0 Å². The van der Waals surface area contributed by atoms with Crippen molar-refractivity contribution in [1.29, 1.82) is 0 Å². The second kappa shape index (κ2) is 10.1. The average molecular weight is 479 g/mol. The number of aryl methyl sites for hydroxylation is 2. The van der Waals surface area contributed by atoms with E-state index in [2.05, 4.69) is 54.5 Å². The minimum Gasteiger partial charge on any atom is -0.352 e. The van der Waals surface area contributed by atoms with Crippen LogP contribution in [0.5, 0.6) is 0 Å². The molecule has 0 saturated carbocycles. The molecule has 0 amide bonds. The van der Waals surface area contributed by atoms with Gasteiger partial charge >= 0.3 is 0 Å². The largest absolute Gasteiger partial charge is 0.352 e. The van der Waals surface area contributed by atoms with Crippen LogP contribution in [0.4, 0.5) is 0 Å². The van der Waals surface area contributed by atoms with E-state index in [4.69, 9.17) is 0 Å². The molecule has 0 atom stereocenters. The van der Waals surface area contributed by atoms with Crippen LogP contribution in [0.3, 0.4) is 0 Å². The van der Waals surface area contributed by atoms with Crippen molar-refractivity contribution in [3.63, 3.8) is 0 Å². The van der Waals surface area contributed by atoms with E-state index in [1.807, 2.05) is 37.1 Å². The zero-order valence-electron chi connectivity index (χ0n) is 15.9. The van der Waals surface area contributed by atoms with Gasteiger partial charge in [0.05, 0.1) is 12.2 Å². The number of guanidine groups is 1. The minimum absolute atomic E-state index is 0. The van der Waals surface area contributed by atoms with E-state index in [0.29, 0.717) is 13.1 Å². The number of rotatable bonds is 6. The van der Waals surface area contributed by atoms with Gasteiger partial charge in [0.2, 0.25) is 0 Å². The van der Waals surface area contributed by atoms with E-state index in [-0.39, 0.29) is 24.0 Å². The number of hydrogen-bond acceptors (Lipinski definition) is 3. The highest BCUT2D eigenvalue weighted by molar-refractivity contribution is 14.0. The molecule has 27 heavy (non-hydrogen) atoms. The van der Waals surface area contributed by atoms with E-state index < -0.39 is 0 Å². The summed E-state index contributed by atoms with van der Waals surface area (Å²) in [7, 11) is 3.71. The highest BCUT2D eigenvalue weighted by atomic mass is 127. The Labute approximate surface area is 176 Å². The Hall–Kier alpha value is -2.36. The lowest BCUT2D eigenvalue weighted by molar-refractivity contribution is 0.684. The van der Waals surface area contributed by atoms with Crippen molar-refractivity contribution in [3.8, 4) is 0 Å². The van der Waals surface area contributed by atoms with Crippen molar-refractivity contribution in [3.05, 3.63) is 71.6 Å². The zero-order valence-corrected chi connectivity index (χ0v) is 18.2. The molecule has 3 rings (SSSR count). The van der Waals surface area contributed by atoms with Gasteiger partial charge in [-0.05, 0) is 24.1 Å². The molecule has 0 aliphatic carbocycles. The first-order valence-corrected chi connectivity index (χ1v) is 8.62. The van der Waals surface area contributed by atoms with Crippen LogP contribution < -0.4 is 10.6 Å². The third-order valence-corrected chi connectivity index (χ3v) is 4.31. The topological polar surface area (TPSA) is 72.1 Å². The number of halogens is 1. The summed E-state index contributed by atoms with van der Waals surface area (Å²) in [6, 6.07) is 10.5. The predicted octanol–water partition coefficient (Wildman–Crippen LogP) is 2.46. The van der Waals surface area contributed by atoms with Crippen LogP contribution in [-0.4, -0.2) is 32.3 Å². The van der Waals surface area contributed by atoms with E-state index in [1.165, 1.54) is 11.1 Å². The fourth-order valence-corrected chi connectivity index (χ4v) is 2.76. The van der Waals surface area contributed by atoms with Crippen molar-refractivity contribution < 1.29 is 0 Å². The van der Waals surface area contributed by atoms with E-state index in [1.54, 1.807) is 13.2 Å². The molecule has 0 aliphatic rings. The molecule has 1 aromatic carbocycles.